The summed E-state index contributed by atoms with van der Waals surface area (Å²) in [5, 5.41) is 3.59. The van der Waals surface area contributed by atoms with E-state index in [0.29, 0.717) is 21.3 Å². The van der Waals surface area contributed by atoms with E-state index in [2.05, 4.69) is 5.32 Å². The fraction of sp³-hybridized carbons (Fsp3) is 0.294. The third kappa shape index (κ3) is 4.41. The van der Waals surface area contributed by atoms with Crippen LogP contribution in [0.15, 0.2) is 36.4 Å². The van der Waals surface area contributed by atoms with Gasteiger partial charge in [-0.15, -0.1) is 11.3 Å². The number of Topliss-reactive ketones (excluding diaryl/α,β-unsaturated/α-hetero) is 1. The predicted molar refractivity (Wildman–Crippen MR) is 94.5 cm³/mol. The number of hydrogen-bond donors (Lipinski definition) is 1. The fourth-order valence-electron chi connectivity index (χ4n) is 2.24. The molecule has 0 saturated heterocycles. The van der Waals surface area contributed by atoms with E-state index >= 15 is 0 Å². The maximum atomic E-state index is 12.3. The van der Waals surface area contributed by atoms with Crippen LogP contribution in [-0.4, -0.2) is 37.2 Å². The van der Waals surface area contributed by atoms with Crippen LogP contribution in [0, 0.1) is 0 Å². The third-order valence-corrected chi connectivity index (χ3v) is 5.05. The molecule has 1 amide bonds. The van der Waals surface area contributed by atoms with Gasteiger partial charge in [-0.25, -0.2) is 0 Å². The Morgan fingerprint density at radius 2 is 1.83 bits per heavy atom. The first-order chi connectivity index (χ1) is 10.9. The summed E-state index contributed by atoms with van der Waals surface area (Å²) in [6, 6.07) is 10.9. The van der Waals surface area contributed by atoms with E-state index in [9.17, 15) is 9.59 Å². The number of benzene rings is 1. The van der Waals surface area contributed by atoms with Crippen molar-refractivity contribution in [1.29, 1.82) is 0 Å². The lowest BCUT2D eigenvalue weighted by atomic mass is 10.1. The zero-order valence-electron chi connectivity index (χ0n) is 13.3. The molecule has 1 unspecified atom stereocenters. The molecular formula is C17H19ClN2O2S. The highest BCUT2D eigenvalue weighted by Gasteiger charge is 2.19. The number of rotatable bonds is 6. The van der Waals surface area contributed by atoms with Crippen molar-refractivity contribution in [3.05, 3.63) is 56.7 Å². The first-order valence-electron chi connectivity index (χ1n) is 7.20. The summed E-state index contributed by atoms with van der Waals surface area (Å²) < 4.78 is 0. The van der Waals surface area contributed by atoms with E-state index in [0.717, 1.165) is 5.56 Å². The molecule has 2 aromatic rings. The summed E-state index contributed by atoms with van der Waals surface area (Å²) >= 11 is 7.47. The van der Waals surface area contributed by atoms with Gasteiger partial charge < -0.3 is 10.2 Å². The normalized spacial score (nSPS) is 12.2. The quantitative estimate of drug-likeness (QED) is 0.809. The van der Waals surface area contributed by atoms with E-state index in [1.807, 2.05) is 43.3 Å². The van der Waals surface area contributed by atoms with Crippen molar-refractivity contribution in [1.82, 2.24) is 10.2 Å². The van der Waals surface area contributed by atoms with Gasteiger partial charge in [0.15, 0.2) is 5.78 Å². The predicted octanol–water partition coefficient (Wildman–Crippen LogP) is 3.64. The maximum Gasteiger partial charge on any atom is 0.261 e. The van der Waals surface area contributed by atoms with Crippen LogP contribution in [0.4, 0.5) is 0 Å². The molecule has 6 heteroatoms. The van der Waals surface area contributed by atoms with Crippen LogP contribution < -0.4 is 5.32 Å². The lowest BCUT2D eigenvalue weighted by molar-refractivity contribution is 0.0945. The first-order valence-corrected chi connectivity index (χ1v) is 8.39. The molecule has 1 atom stereocenters. The highest BCUT2D eigenvalue weighted by molar-refractivity contribution is 7.15. The van der Waals surface area contributed by atoms with E-state index in [-0.39, 0.29) is 17.7 Å². The van der Waals surface area contributed by atoms with Crippen LogP contribution >= 0.6 is 22.9 Å². The van der Waals surface area contributed by atoms with Crippen molar-refractivity contribution >= 4 is 34.6 Å². The van der Waals surface area contributed by atoms with Crippen LogP contribution in [0.3, 0.4) is 0 Å². The first kappa shape index (κ1) is 17.7. The maximum absolute atomic E-state index is 12.3. The Balaban J connectivity index is 2.08. The van der Waals surface area contributed by atoms with E-state index in [1.165, 1.54) is 18.3 Å². The topological polar surface area (TPSA) is 49.4 Å². The lowest BCUT2D eigenvalue weighted by Gasteiger charge is -2.25. The van der Waals surface area contributed by atoms with Crippen molar-refractivity contribution in [2.45, 2.75) is 13.0 Å². The molecule has 122 valence electrons. The average Bonchev–Trinajstić information content (AvgIpc) is 2.99. The summed E-state index contributed by atoms with van der Waals surface area (Å²) in [7, 11) is 3.89. The highest BCUT2D eigenvalue weighted by atomic mass is 35.5. The van der Waals surface area contributed by atoms with Gasteiger partial charge in [-0.1, -0.05) is 29.8 Å². The molecule has 0 aliphatic heterocycles. The fourth-order valence-corrected chi connectivity index (χ4v) is 3.32. The molecule has 2 rings (SSSR count). The van der Waals surface area contributed by atoms with Crippen LogP contribution in [0.5, 0.6) is 0 Å². The van der Waals surface area contributed by atoms with Gasteiger partial charge in [-0.3, -0.25) is 9.59 Å². The Labute approximate surface area is 145 Å². The van der Waals surface area contributed by atoms with Crippen molar-refractivity contribution in [3.63, 3.8) is 0 Å². The van der Waals surface area contributed by atoms with Crippen LogP contribution in [0.25, 0.3) is 0 Å². The van der Waals surface area contributed by atoms with Crippen molar-refractivity contribution < 1.29 is 9.59 Å². The molecule has 0 fully saturated rings. The molecule has 4 nitrogen and oxygen atoms in total. The molecule has 0 aliphatic carbocycles. The van der Waals surface area contributed by atoms with Crippen molar-refractivity contribution in [3.8, 4) is 0 Å². The van der Waals surface area contributed by atoms with Gasteiger partial charge in [0.05, 0.1) is 15.8 Å². The highest BCUT2D eigenvalue weighted by Crippen LogP contribution is 2.25. The summed E-state index contributed by atoms with van der Waals surface area (Å²) in [4.78, 5) is 26.7. The Morgan fingerprint density at radius 3 is 2.39 bits per heavy atom. The van der Waals surface area contributed by atoms with Crippen molar-refractivity contribution in [2.24, 2.45) is 0 Å². The number of hydrogen-bond acceptors (Lipinski definition) is 4. The number of nitrogens with zero attached hydrogens (tertiary/aromatic N) is 1. The van der Waals surface area contributed by atoms with Gasteiger partial charge in [0.1, 0.15) is 0 Å². The van der Waals surface area contributed by atoms with Crippen LogP contribution in [-0.2, 0) is 0 Å². The Bertz CT molecular complexity index is 712. The Morgan fingerprint density at radius 1 is 1.17 bits per heavy atom. The minimum Gasteiger partial charge on any atom is -0.349 e. The molecule has 0 bridgehead atoms. The number of nitrogens with one attached hydrogen (secondary N) is 1. The molecule has 0 spiro atoms. The summed E-state index contributed by atoms with van der Waals surface area (Å²) in [6.07, 6.45) is 0. The molecule has 0 saturated carbocycles. The van der Waals surface area contributed by atoms with E-state index < -0.39 is 0 Å². The Hall–Kier alpha value is -1.69. The van der Waals surface area contributed by atoms with Crippen LogP contribution in [0.2, 0.25) is 5.02 Å². The number of likely N-dealkylation sites (N-methyl/N-ethyl adjacent to an activating group) is 1. The minimum absolute atomic E-state index is 0.0279. The SMILES string of the molecule is CC(=O)c1ccc(C(=O)NCC(c2ccccc2Cl)N(C)C)s1. The van der Waals surface area contributed by atoms with Gasteiger partial charge in [0.25, 0.3) is 5.91 Å². The second-order valence-corrected chi connectivity index (χ2v) is 6.92. The number of ketones is 1. The number of carbonyl (C=O) groups is 2. The molecule has 0 radical (unpaired) electrons. The molecule has 23 heavy (non-hydrogen) atoms. The van der Waals surface area contributed by atoms with Gasteiger partial charge in [-0.05, 0) is 44.8 Å². The minimum atomic E-state index is -0.179. The second kappa shape index (κ2) is 7.73. The van der Waals surface area contributed by atoms with Gasteiger partial charge in [-0.2, -0.15) is 0 Å². The summed E-state index contributed by atoms with van der Waals surface area (Å²) in [5.74, 6) is -0.210. The second-order valence-electron chi connectivity index (χ2n) is 5.43. The number of amides is 1. The molecule has 1 aromatic heterocycles. The standard InChI is InChI=1S/C17H19ClN2O2S/c1-11(21)15-8-9-16(23-15)17(22)19-10-14(20(2)3)12-6-4-5-7-13(12)18/h4-9,14H,10H2,1-3H3,(H,19,22). The third-order valence-electron chi connectivity index (χ3n) is 3.52. The number of carbonyl (C=O) groups excluding carboxylic acids is 2. The molecule has 0 aliphatic rings. The van der Waals surface area contributed by atoms with Crippen molar-refractivity contribution in [2.75, 3.05) is 20.6 Å². The Kier molecular flexibility index (Phi) is 5.93. The summed E-state index contributed by atoms with van der Waals surface area (Å²) in [5.41, 5.74) is 0.968. The zero-order valence-corrected chi connectivity index (χ0v) is 14.9. The van der Waals surface area contributed by atoms with Gasteiger partial charge >= 0.3 is 0 Å². The van der Waals surface area contributed by atoms with E-state index in [1.54, 1.807) is 12.1 Å². The smallest absolute Gasteiger partial charge is 0.261 e. The number of thiophene rings is 1. The van der Waals surface area contributed by atoms with Gasteiger partial charge in [0, 0.05) is 11.6 Å². The lowest BCUT2D eigenvalue weighted by Crippen LogP contribution is -2.34. The average molecular weight is 351 g/mol. The van der Waals surface area contributed by atoms with E-state index in [4.69, 9.17) is 11.6 Å². The molecule has 1 N–H and O–H groups in total. The zero-order chi connectivity index (χ0) is 17.0. The number of halogens is 1. The largest absolute Gasteiger partial charge is 0.349 e. The van der Waals surface area contributed by atoms with Gasteiger partial charge in [0.2, 0.25) is 0 Å². The molecular weight excluding hydrogens is 332 g/mol. The monoisotopic (exact) mass is 350 g/mol. The molecule has 1 heterocycles. The molecule has 1 aromatic carbocycles. The van der Waals surface area contributed by atoms with Crippen LogP contribution in [0.1, 0.15) is 37.9 Å². The summed E-state index contributed by atoms with van der Waals surface area (Å²) in [6.45, 7) is 1.93.